The molecule has 0 aromatic heterocycles. The molecular formula is C15H20N2O4. The van der Waals surface area contributed by atoms with Crippen LogP contribution in [0.5, 0.6) is 5.75 Å². The van der Waals surface area contributed by atoms with Crippen molar-refractivity contribution in [2.24, 2.45) is 0 Å². The number of rotatable bonds is 7. The lowest BCUT2D eigenvalue weighted by Crippen LogP contribution is -2.26. The summed E-state index contributed by atoms with van der Waals surface area (Å²) in [6.45, 7) is 2.21. The summed E-state index contributed by atoms with van der Waals surface area (Å²) >= 11 is 0. The third-order valence-electron chi connectivity index (χ3n) is 3.03. The van der Waals surface area contributed by atoms with E-state index in [1.165, 1.54) is 6.07 Å². The van der Waals surface area contributed by atoms with E-state index in [9.17, 15) is 9.59 Å². The topological polar surface area (TPSA) is 90.7 Å². The van der Waals surface area contributed by atoms with Crippen molar-refractivity contribution in [3.63, 3.8) is 0 Å². The third-order valence-corrected chi connectivity index (χ3v) is 3.03. The zero-order chi connectivity index (χ0) is 15.2. The van der Waals surface area contributed by atoms with Gasteiger partial charge in [-0.2, -0.15) is 0 Å². The van der Waals surface area contributed by atoms with Gasteiger partial charge in [0.1, 0.15) is 11.3 Å². The number of nitrogens with two attached hydrogens (primary N) is 1. The fourth-order valence-electron chi connectivity index (χ4n) is 1.82. The number of hydrogen-bond acceptors (Lipinski definition) is 5. The zero-order valence-electron chi connectivity index (χ0n) is 12.1. The number of esters is 1. The number of nitrogen functional groups attached to an aromatic ring is 1. The lowest BCUT2D eigenvalue weighted by Gasteiger charge is -2.11. The Morgan fingerprint density at radius 1 is 1.38 bits per heavy atom. The second-order valence-corrected chi connectivity index (χ2v) is 4.92. The Morgan fingerprint density at radius 2 is 2.14 bits per heavy atom. The minimum atomic E-state index is -0.484. The van der Waals surface area contributed by atoms with Gasteiger partial charge in [0.2, 0.25) is 5.91 Å². The maximum absolute atomic E-state index is 11.8. The zero-order valence-corrected chi connectivity index (χ0v) is 12.1. The van der Waals surface area contributed by atoms with E-state index in [-0.39, 0.29) is 31.1 Å². The highest BCUT2D eigenvalue weighted by Gasteiger charge is 2.23. The summed E-state index contributed by atoms with van der Waals surface area (Å²) in [6, 6.07) is 5.10. The lowest BCUT2D eigenvalue weighted by atomic mass is 10.2. The highest BCUT2D eigenvalue weighted by Crippen LogP contribution is 2.23. The Balaban J connectivity index is 1.91. The Hall–Kier alpha value is -2.24. The molecule has 3 N–H and O–H groups in total. The van der Waals surface area contributed by atoms with Crippen LogP contribution >= 0.6 is 0 Å². The first-order valence-electron chi connectivity index (χ1n) is 7.09. The van der Waals surface area contributed by atoms with E-state index in [0.717, 1.165) is 12.8 Å². The van der Waals surface area contributed by atoms with Crippen LogP contribution in [0, 0.1) is 0 Å². The first kappa shape index (κ1) is 15.2. The molecule has 0 heterocycles. The summed E-state index contributed by atoms with van der Waals surface area (Å²) in [6.07, 6.45) is 2.36. The maximum Gasteiger partial charge on any atom is 0.341 e. The standard InChI is InChI=1S/C15H20N2O4/c1-2-20-15(19)12-9-10(16)3-6-13(12)21-8-7-14(18)17-11-4-5-11/h3,6,9,11H,2,4-5,7-8,16H2,1H3,(H,17,18). The molecule has 1 saturated carbocycles. The van der Waals surface area contributed by atoms with Crippen LogP contribution in [-0.4, -0.2) is 31.1 Å². The highest BCUT2D eigenvalue weighted by atomic mass is 16.5. The van der Waals surface area contributed by atoms with Crippen LogP contribution < -0.4 is 15.8 Å². The molecule has 1 aliphatic carbocycles. The average Bonchev–Trinajstić information content (AvgIpc) is 3.24. The molecule has 0 bridgehead atoms. The molecule has 0 aliphatic heterocycles. The van der Waals surface area contributed by atoms with Crippen molar-refractivity contribution < 1.29 is 19.1 Å². The molecule has 0 saturated heterocycles. The van der Waals surface area contributed by atoms with Gasteiger partial charge in [-0.3, -0.25) is 4.79 Å². The molecule has 6 nitrogen and oxygen atoms in total. The quantitative estimate of drug-likeness (QED) is 0.587. The summed E-state index contributed by atoms with van der Waals surface area (Å²) in [5, 5.41) is 2.88. The molecule has 0 spiro atoms. The van der Waals surface area contributed by atoms with Crippen molar-refractivity contribution >= 4 is 17.6 Å². The van der Waals surface area contributed by atoms with Crippen LogP contribution in [0.1, 0.15) is 36.5 Å². The second-order valence-electron chi connectivity index (χ2n) is 4.92. The van der Waals surface area contributed by atoms with Crippen LogP contribution in [0.3, 0.4) is 0 Å². The van der Waals surface area contributed by atoms with E-state index < -0.39 is 5.97 Å². The molecule has 1 aromatic rings. The number of carbonyl (C=O) groups excluding carboxylic acids is 2. The summed E-state index contributed by atoms with van der Waals surface area (Å²) in [5.41, 5.74) is 6.41. The first-order chi connectivity index (χ1) is 10.1. The number of hydrogen-bond donors (Lipinski definition) is 2. The van der Waals surface area contributed by atoms with Gasteiger partial charge in [0.25, 0.3) is 0 Å². The highest BCUT2D eigenvalue weighted by molar-refractivity contribution is 5.93. The molecule has 21 heavy (non-hydrogen) atoms. The van der Waals surface area contributed by atoms with Crippen molar-refractivity contribution in [2.75, 3.05) is 18.9 Å². The van der Waals surface area contributed by atoms with E-state index in [2.05, 4.69) is 5.32 Å². The van der Waals surface area contributed by atoms with Crippen LogP contribution in [0.2, 0.25) is 0 Å². The van der Waals surface area contributed by atoms with Gasteiger partial charge in [-0.1, -0.05) is 0 Å². The molecule has 1 amide bonds. The van der Waals surface area contributed by atoms with Crippen molar-refractivity contribution in [2.45, 2.75) is 32.2 Å². The van der Waals surface area contributed by atoms with Gasteiger partial charge in [-0.25, -0.2) is 4.79 Å². The maximum atomic E-state index is 11.8. The summed E-state index contributed by atoms with van der Waals surface area (Å²) in [5.74, 6) is -0.144. The van der Waals surface area contributed by atoms with E-state index >= 15 is 0 Å². The van der Waals surface area contributed by atoms with E-state index in [0.29, 0.717) is 17.5 Å². The molecule has 114 valence electrons. The van der Waals surface area contributed by atoms with E-state index in [1.807, 2.05) is 0 Å². The molecule has 0 atom stereocenters. The van der Waals surface area contributed by atoms with Crippen molar-refractivity contribution in [1.29, 1.82) is 0 Å². The predicted molar refractivity (Wildman–Crippen MR) is 78.1 cm³/mol. The molecule has 0 unspecified atom stereocenters. The molecular weight excluding hydrogens is 272 g/mol. The molecule has 2 rings (SSSR count). The van der Waals surface area contributed by atoms with E-state index in [4.69, 9.17) is 15.2 Å². The van der Waals surface area contributed by atoms with Crippen LogP contribution in [0.25, 0.3) is 0 Å². The van der Waals surface area contributed by atoms with Gasteiger partial charge in [0.15, 0.2) is 0 Å². The SMILES string of the molecule is CCOC(=O)c1cc(N)ccc1OCCC(=O)NC1CC1. The average molecular weight is 292 g/mol. The van der Waals surface area contributed by atoms with Crippen LogP contribution in [-0.2, 0) is 9.53 Å². The molecule has 1 aliphatic rings. The number of nitrogens with one attached hydrogen (secondary N) is 1. The van der Waals surface area contributed by atoms with Crippen LogP contribution in [0.4, 0.5) is 5.69 Å². The van der Waals surface area contributed by atoms with Crippen LogP contribution in [0.15, 0.2) is 18.2 Å². The normalized spacial score (nSPS) is 13.6. The smallest absolute Gasteiger partial charge is 0.341 e. The Kier molecular flexibility index (Phi) is 5.03. The van der Waals surface area contributed by atoms with Gasteiger partial charge >= 0.3 is 5.97 Å². The first-order valence-corrected chi connectivity index (χ1v) is 7.09. The number of amides is 1. The van der Waals surface area contributed by atoms with Gasteiger partial charge in [0.05, 0.1) is 19.6 Å². The fraction of sp³-hybridized carbons (Fsp3) is 0.467. The lowest BCUT2D eigenvalue weighted by molar-refractivity contribution is -0.121. The van der Waals surface area contributed by atoms with Gasteiger partial charge in [-0.15, -0.1) is 0 Å². The molecule has 1 aromatic carbocycles. The Morgan fingerprint density at radius 3 is 2.81 bits per heavy atom. The summed E-state index contributed by atoms with van der Waals surface area (Å²) in [4.78, 5) is 23.4. The number of anilines is 1. The summed E-state index contributed by atoms with van der Waals surface area (Å²) < 4.78 is 10.5. The predicted octanol–water partition coefficient (Wildman–Crippen LogP) is 1.49. The molecule has 0 radical (unpaired) electrons. The number of ether oxygens (including phenoxy) is 2. The van der Waals surface area contributed by atoms with Crippen molar-refractivity contribution in [1.82, 2.24) is 5.32 Å². The second kappa shape index (κ2) is 6.97. The minimum Gasteiger partial charge on any atom is -0.492 e. The van der Waals surface area contributed by atoms with Gasteiger partial charge in [0, 0.05) is 11.7 Å². The van der Waals surface area contributed by atoms with Crippen molar-refractivity contribution in [3.05, 3.63) is 23.8 Å². The number of carbonyl (C=O) groups is 2. The Labute approximate surface area is 123 Å². The van der Waals surface area contributed by atoms with Gasteiger partial charge in [-0.05, 0) is 38.0 Å². The monoisotopic (exact) mass is 292 g/mol. The number of benzene rings is 1. The summed E-state index contributed by atoms with van der Waals surface area (Å²) in [7, 11) is 0. The fourth-order valence-corrected chi connectivity index (χ4v) is 1.82. The van der Waals surface area contributed by atoms with E-state index in [1.54, 1.807) is 19.1 Å². The van der Waals surface area contributed by atoms with Gasteiger partial charge < -0.3 is 20.5 Å². The third kappa shape index (κ3) is 4.66. The molecule has 1 fully saturated rings. The van der Waals surface area contributed by atoms with Crippen molar-refractivity contribution in [3.8, 4) is 5.75 Å². The Bertz CT molecular complexity index is 526. The minimum absolute atomic E-state index is 0.0365. The molecule has 6 heteroatoms. The largest absolute Gasteiger partial charge is 0.492 e.